The van der Waals surface area contributed by atoms with E-state index in [-0.39, 0.29) is 10.7 Å². The lowest BCUT2D eigenvalue weighted by Crippen LogP contribution is -2.40. The average Bonchev–Trinajstić information content (AvgIpc) is 3.25. The number of thioether (sulfide) groups is 2. The zero-order valence-corrected chi connectivity index (χ0v) is 21.1. The molecule has 1 saturated heterocycles. The lowest BCUT2D eigenvalue weighted by atomic mass is 10.2. The van der Waals surface area contributed by atoms with Crippen molar-refractivity contribution in [2.24, 2.45) is 0 Å². The minimum Gasteiger partial charge on any atom is -0.548 e. The van der Waals surface area contributed by atoms with Crippen molar-refractivity contribution in [1.82, 2.24) is 4.90 Å². The molecule has 0 spiro atoms. The number of aliphatic carboxylic acids is 1. The van der Waals surface area contributed by atoms with Crippen LogP contribution in [0.25, 0.3) is 0 Å². The molecule has 8 nitrogen and oxygen atoms in total. The summed E-state index contributed by atoms with van der Waals surface area (Å²) < 4.78 is 0.194. The van der Waals surface area contributed by atoms with Gasteiger partial charge in [0, 0.05) is 17.9 Å². The smallest absolute Gasteiger partial charge is 0.342 e. The molecular formula is C23H23N2O6S3-. The van der Waals surface area contributed by atoms with Crippen LogP contribution in [0.5, 0.6) is 0 Å². The van der Waals surface area contributed by atoms with Crippen molar-refractivity contribution in [1.29, 1.82) is 0 Å². The van der Waals surface area contributed by atoms with E-state index >= 15 is 0 Å². The SMILES string of the molecule is CC(=C\C=C1/Sc2cc(C)ccc2N1CCCCC(=O)OO)/C=C1/SC(=S)N(CC(=O)[O-])C1=O. The van der Waals surface area contributed by atoms with Crippen molar-refractivity contribution in [3.8, 4) is 0 Å². The van der Waals surface area contributed by atoms with Gasteiger partial charge in [-0.05, 0) is 62.1 Å². The number of fused-ring (bicyclic) bond motifs is 1. The molecule has 1 fully saturated rings. The zero-order chi connectivity index (χ0) is 24.8. The van der Waals surface area contributed by atoms with Gasteiger partial charge in [-0.1, -0.05) is 47.9 Å². The molecule has 2 heterocycles. The Labute approximate surface area is 211 Å². The van der Waals surface area contributed by atoms with E-state index in [1.54, 1.807) is 17.8 Å². The zero-order valence-electron chi connectivity index (χ0n) is 18.6. The number of unbranched alkanes of at least 4 members (excludes halogenated alkanes) is 1. The second-order valence-electron chi connectivity index (χ2n) is 7.70. The fourth-order valence-electron chi connectivity index (χ4n) is 3.38. The molecule has 0 radical (unpaired) electrons. The van der Waals surface area contributed by atoms with Crippen LogP contribution >= 0.6 is 35.7 Å². The summed E-state index contributed by atoms with van der Waals surface area (Å²) in [5.74, 6) is -2.46. The van der Waals surface area contributed by atoms with Gasteiger partial charge in [-0.25, -0.2) is 4.79 Å². The van der Waals surface area contributed by atoms with Crippen LogP contribution in [0.3, 0.4) is 0 Å². The summed E-state index contributed by atoms with van der Waals surface area (Å²) in [6.07, 6.45) is 7.00. The molecule has 1 aromatic rings. The maximum atomic E-state index is 12.5. The first-order chi connectivity index (χ1) is 16.2. The van der Waals surface area contributed by atoms with Gasteiger partial charge in [0.25, 0.3) is 5.91 Å². The summed E-state index contributed by atoms with van der Waals surface area (Å²) in [7, 11) is 0. The second kappa shape index (κ2) is 11.7. The minimum absolute atomic E-state index is 0.145. The third-order valence-electron chi connectivity index (χ3n) is 5.01. The van der Waals surface area contributed by atoms with Gasteiger partial charge in [-0.15, -0.1) is 0 Å². The fourth-order valence-corrected chi connectivity index (χ4v) is 5.87. The number of carbonyl (C=O) groups excluding carboxylic acids is 3. The largest absolute Gasteiger partial charge is 0.548 e. The number of thiocarbonyl (C=S) groups is 1. The van der Waals surface area contributed by atoms with E-state index in [0.29, 0.717) is 17.9 Å². The molecule has 0 atom stereocenters. The van der Waals surface area contributed by atoms with E-state index < -0.39 is 24.4 Å². The van der Waals surface area contributed by atoms with Crippen LogP contribution in [-0.2, 0) is 19.3 Å². The highest BCUT2D eigenvalue weighted by Crippen LogP contribution is 2.46. The van der Waals surface area contributed by atoms with Crippen LogP contribution in [0.15, 0.2) is 56.8 Å². The fraction of sp³-hybridized carbons (Fsp3) is 0.304. The van der Waals surface area contributed by atoms with Gasteiger partial charge >= 0.3 is 5.97 Å². The summed E-state index contributed by atoms with van der Waals surface area (Å²) >= 11 is 7.81. The summed E-state index contributed by atoms with van der Waals surface area (Å²) in [6, 6.07) is 6.24. The number of carboxylic acid groups (broad SMARTS) is 1. The summed E-state index contributed by atoms with van der Waals surface area (Å²) in [4.78, 5) is 42.9. The van der Waals surface area contributed by atoms with E-state index in [1.807, 2.05) is 32.1 Å². The highest BCUT2D eigenvalue weighted by Gasteiger charge is 2.31. The van der Waals surface area contributed by atoms with Crippen LogP contribution in [0.1, 0.15) is 31.7 Å². The average molecular weight is 520 g/mol. The van der Waals surface area contributed by atoms with E-state index in [0.717, 1.165) is 49.8 Å². The van der Waals surface area contributed by atoms with Crippen molar-refractivity contribution < 1.29 is 29.6 Å². The first-order valence-electron chi connectivity index (χ1n) is 10.4. The first kappa shape index (κ1) is 26.0. The van der Waals surface area contributed by atoms with Crippen molar-refractivity contribution >= 4 is 63.6 Å². The second-order valence-corrected chi connectivity index (χ2v) is 10.4. The summed E-state index contributed by atoms with van der Waals surface area (Å²) in [5, 5.41) is 20.3. The number of aryl methyl sites for hydroxylation is 1. The molecule has 0 saturated carbocycles. The predicted molar refractivity (Wildman–Crippen MR) is 134 cm³/mol. The molecule has 180 valence electrons. The van der Waals surface area contributed by atoms with E-state index in [4.69, 9.17) is 17.5 Å². The van der Waals surface area contributed by atoms with Crippen molar-refractivity contribution in [2.45, 2.75) is 38.0 Å². The Balaban J connectivity index is 1.76. The van der Waals surface area contributed by atoms with Crippen LogP contribution in [0.4, 0.5) is 5.69 Å². The Kier molecular flexibility index (Phi) is 8.95. The molecule has 0 aromatic heterocycles. The van der Waals surface area contributed by atoms with E-state index in [2.05, 4.69) is 21.9 Å². The Morgan fingerprint density at radius 1 is 1.24 bits per heavy atom. The molecule has 2 aliphatic rings. The molecular weight excluding hydrogens is 496 g/mol. The van der Waals surface area contributed by atoms with Crippen LogP contribution in [0, 0.1) is 6.92 Å². The predicted octanol–water partition coefficient (Wildman–Crippen LogP) is 3.38. The Morgan fingerprint density at radius 3 is 2.71 bits per heavy atom. The normalized spacial score (nSPS) is 18.3. The molecule has 11 heteroatoms. The summed E-state index contributed by atoms with van der Waals surface area (Å²) in [5.41, 5.74) is 3.05. The van der Waals surface area contributed by atoms with Crippen LogP contribution < -0.4 is 10.0 Å². The number of amides is 1. The standard InChI is InChI=1S/C23H24N2O6S3/c1-14-6-8-16-17(11-14)33-19(24(16)10-4-3-5-21(28)31-30)9-7-15(2)12-18-22(29)25(13-20(26)27)23(32)34-18/h6-9,11-12,30H,3-5,10,13H2,1-2H3,(H,26,27)/p-1/b15-7+,18-12+,19-9-. The van der Waals surface area contributed by atoms with Gasteiger partial charge in [0.05, 0.1) is 28.1 Å². The highest BCUT2D eigenvalue weighted by atomic mass is 32.2. The van der Waals surface area contributed by atoms with Gasteiger partial charge in [0.2, 0.25) is 0 Å². The molecule has 1 amide bonds. The topological polar surface area (TPSA) is 110 Å². The molecule has 0 unspecified atom stereocenters. The lowest BCUT2D eigenvalue weighted by Gasteiger charge is -2.20. The molecule has 1 N–H and O–H groups in total. The first-order valence-corrected chi connectivity index (χ1v) is 12.5. The number of hydrogen-bond donors (Lipinski definition) is 1. The van der Waals surface area contributed by atoms with E-state index in [1.165, 1.54) is 0 Å². The third-order valence-corrected chi connectivity index (χ3v) is 7.50. The molecule has 3 rings (SSSR count). The third kappa shape index (κ3) is 6.50. The lowest BCUT2D eigenvalue weighted by molar-refractivity contribution is -0.305. The van der Waals surface area contributed by atoms with Gasteiger partial charge < -0.3 is 19.7 Å². The minimum atomic E-state index is -1.36. The number of carbonyl (C=O) groups is 3. The van der Waals surface area contributed by atoms with Crippen LogP contribution in [0.2, 0.25) is 0 Å². The molecule has 34 heavy (non-hydrogen) atoms. The van der Waals surface area contributed by atoms with Gasteiger partial charge in [0.15, 0.2) is 0 Å². The Hall–Kier alpha value is -2.60. The van der Waals surface area contributed by atoms with Crippen molar-refractivity contribution in [2.75, 3.05) is 18.0 Å². The number of carboxylic acids is 1. The number of hydrogen-bond acceptors (Lipinski definition) is 10. The number of nitrogens with zero attached hydrogens (tertiary/aromatic N) is 2. The molecule has 2 aliphatic heterocycles. The number of benzene rings is 1. The van der Waals surface area contributed by atoms with Crippen molar-refractivity contribution in [3.63, 3.8) is 0 Å². The number of anilines is 1. The van der Waals surface area contributed by atoms with Crippen molar-refractivity contribution in [3.05, 3.63) is 57.5 Å². The molecule has 0 aliphatic carbocycles. The molecule has 0 bridgehead atoms. The molecule has 1 aromatic carbocycles. The highest BCUT2D eigenvalue weighted by molar-refractivity contribution is 8.26. The van der Waals surface area contributed by atoms with Gasteiger partial charge in [0.1, 0.15) is 4.32 Å². The van der Waals surface area contributed by atoms with E-state index in [9.17, 15) is 19.5 Å². The quantitative estimate of drug-likeness (QED) is 0.171. The van der Waals surface area contributed by atoms with Crippen LogP contribution in [-0.4, -0.2) is 45.4 Å². The maximum absolute atomic E-state index is 12.5. The summed E-state index contributed by atoms with van der Waals surface area (Å²) in [6.45, 7) is 4.01. The Morgan fingerprint density at radius 2 is 2.00 bits per heavy atom. The Bertz CT molecular complexity index is 1110. The van der Waals surface area contributed by atoms with Gasteiger partial charge in [-0.3, -0.25) is 9.69 Å². The monoisotopic (exact) mass is 519 g/mol. The maximum Gasteiger partial charge on any atom is 0.342 e. The van der Waals surface area contributed by atoms with Gasteiger partial charge in [-0.2, -0.15) is 5.26 Å². The number of rotatable bonds is 9. The number of allylic oxidation sites excluding steroid dienone is 4.